The number of hydrogen-bond donors (Lipinski definition) is 0. The lowest BCUT2D eigenvalue weighted by Gasteiger charge is -2.25. The molecule has 1 fully saturated rings. The highest BCUT2D eigenvalue weighted by molar-refractivity contribution is 7.90. The van der Waals surface area contributed by atoms with Crippen LogP contribution in [0.2, 0.25) is 0 Å². The average molecular weight is 360 g/mol. The maximum absolute atomic E-state index is 12.0. The number of rotatable bonds is 6. The SMILES string of the molecule is COc1ccc(CN2CCCC2Cc2cccnc2)cc1S(C)(=O)=O. The van der Waals surface area contributed by atoms with Crippen molar-refractivity contribution in [2.24, 2.45) is 0 Å². The minimum Gasteiger partial charge on any atom is -0.495 e. The zero-order chi connectivity index (χ0) is 17.9. The third-order valence-corrected chi connectivity index (χ3v) is 5.82. The van der Waals surface area contributed by atoms with Gasteiger partial charge in [-0.15, -0.1) is 0 Å². The topological polar surface area (TPSA) is 59.5 Å². The number of sulfone groups is 1. The zero-order valence-electron chi connectivity index (χ0n) is 14.7. The van der Waals surface area contributed by atoms with Crippen molar-refractivity contribution in [3.8, 4) is 5.75 Å². The Hall–Kier alpha value is -1.92. The molecule has 6 heteroatoms. The van der Waals surface area contributed by atoms with E-state index in [1.54, 1.807) is 18.3 Å². The first kappa shape index (κ1) is 17.9. The van der Waals surface area contributed by atoms with Crippen LogP contribution in [0.5, 0.6) is 5.75 Å². The number of nitrogens with zero attached hydrogens (tertiary/aromatic N) is 2. The van der Waals surface area contributed by atoms with Gasteiger partial charge in [0.1, 0.15) is 10.6 Å². The van der Waals surface area contributed by atoms with E-state index in [-0.39, 0.29) is 4.90 Å². The van der Waals surface area contributed by atoms with Crippen molar-refractivity contribution in [1.29, 1.82) is 0 Å². The summed E-state index contributed by atoms with van der Waals surface area (Å²) in [6, 6.07) is 9.99. The average Bonchev–Trinajstić information content (AvgIpc) is 3.02. The van der Waals surface area contributed by atoms with Crippen LogP contribution in [0.3, 0.4) is 0 Å². The van der Waals surface area contributed by atoms with E-state index < -0.39 is 9.84 Å². The molecule has 3 rings (SSSR count). The Morgan fingerprint density at radius 1 is 1.28 bits per heavy atom. The smallest absolute Gasteiger partial charge is 0.179 e. The second-order valence-electron chi connectivity index (χ2n) is 6.59. The van der Waals surface area contributed by atoms with Gasteiger partial charge >= 0.3 is 0 Å². The van der Waals surface area contributed by atoms with E-state index in [0.29, 0.717) is 11.8 Å². The van der Waals surface area contributed by atoms with Gasteiger partial charge in [0.2, 0.25) is 0 Å². The summed E-state index contributed by atoms with van der Waals surface area (Å²) in [7, 11) is -1.82. The fourth-order valence-electron chi connectivity index (χ4n) is 3.47. The van der Waals surface area contributed by atoms with Crippen LogP contribution in [0.4, 0.5) is 0 Å². The van der Waals surface area contributed by atoms with Gasteiger partial charge in [-0.2, -0.15) is 0 Å². The largest absolute Gasteiger partial charge is 0.495 e. The number of benzene rings is 1. The number of pyridine rings is 1. The first-order valence-electron chi connectivity index (χ1n) is 8.47. The maximum Gasteiger partial charge on any atom is 0.179 e. The molecule has 25 heavy (non-hydrogen) atoms. The summed E-state index contributed by atoms with van der Waals surface area (Å²) in [5.74, 6) is 0.402. The number of ether oxygens (including phenoxy) is 1. The molecular formula is C19H24N2O3S. The van der Waals surface area contributed by atoms with E-state index in [1.165, 1.54) is 25.3 Å². The van der Waals surface area contributed by atoms with Crippen LogP contribution in [0.15, 0.2) is 47.6 Å². The highest BCUT2D eigenvalue weighted by Crippen LogP contribution is 2.28. The molecule has 1 atom stereocenters. The van der Waals surface area contributed by atoms with E-state index in [4.69, 9.17) is 4.74 Å². The molecule has 1 aromatic carbocycles. The van der Waals surface area contributed by atoms with E-state index in [9.17, 15) is 8.42 Å². The Labute approximate surface area is 149 Å². The van der Waals surface area contributed by atoms with Crippen molar-refractivity contribution in [1.82, 2.24) is 9.88 Å². The molecule has 0 amide bonds. The summed E-state index contributed by atoms with van der Waals surface area (Å²) in [6.45, 7) is 1.78. The fourth-order valence-corrected chi connectivity index (χ4v) is 4.35. The normalized spacial score (nSPS) is 18.4. The maximum atomic E-state index is 12.0. The highest BCUT2D eigenvalue weighted by atomic mass is 32.2. The van der Waals surface area contributed by atoms with Gasteiger partial charge in [-0.25, -0.2) is 8.42 Å². The molecule has 2 aromatic rings. The summed E-state index contributed by atoms with van der Waals surface area (Å²) in [6.07, 6.45) is 8.23. The molecule has 1 aliphatic heterocycles. The minimum absolute atomic E-state index is 0.260. The monoisotopic (exact) mass is 360 g/mol. The van der Waals surface area contributed by atoms with E-state index in [1.807, 2.05) is 18.3 Å². The van der Waals surface area contributed by atoms with Crippen molar-refractivity contribution in [3.05, 3.63) is 53.9 Å². The van der Waals surface area contributed by atoms with Crippen LogP contribution < -0.4 is 4.74 Å². The summed E-state index contributed by atoms with van der Waals surface area (Å²) in [4.78, 5) is 6.89. The van der Waals surface area contributed by atoms with Gasteiger partial charge in [-0.05, 0) is 55.1 Å². The van der Waals surface area contributed by atoms with Gasteiger partial charge in [0.15, 0.2) is 9.84 Å². The Bertz CT molecular complexity index is 822. The Morgan fingerprint density at radius 2 is 2.12 bits per heavy atom. The lowest BCUT2D eigenvalue weighted by atomic mass is 10.1. The van der Waals surface area contributed by atoms with Crippen molar-refractivity contribution < 1.29 is 13.2 Å². The van der Waals surface area contributed by atoms with Crippen LogP contribution in [0, 0.1) is 0 Å². The van der Waals surface area contributed by atoms with Gasteiger partial charge in [0.25, 0.3) is 0 Å². The van der Waals surface area contributed by atoms with Gasteiger partial charge in [0, 0.05) is 31.2 Å². The van der Waals surface area contributed by atoms with E-state index in [0.717, 1.165) is 31.5 Å². The number of methoxy groups -OCH3 is 1. The highest BCUT2D eigenvalue weighted by Gasteiger charge is 2.25. The van der Waals surface area contributed by atoms with E-state index in [2.05, 4.69) is 16.0 Å². The van der Waals surface area contributed by atoms with E-state index >= 15 is 0 Å². The van der Waals surface area contributed by atoms with Crippen molar-refractivity contribution in [3.63, 3.8) is 0 Å². The molecule has 1 aromatic heterocycles. The standard InChI is InChI=1S/C19H24N2O3S/c1-24-18-8-7-16(12-19(18)25(2,22)23)14-21-10-4-6-17(21)11-15-5-3-9-20-13-15/h3,5,7-9,12-13,17H,4,6,10-11,14H2,1-2H3. The molecule has 0 bridgehead atoms. The van der Waals surface area contributed by atoms with Crippen LogP contribution in [0.25, 0.3) is 0 Å². The van der Waals surface area contributed by atoms with Gasteiger partial charge < -0.3 is 4.74 Å². The molecule has 0 radical (unpaired) electrons. The number of likely N-dealkylation sites (tertiary alicyclic amines) is 1. The van der Waals surface area contributed by atoms with Crippen molar-refractivity contribution in [2.45, 2.75) is 36.7 Å². The second-order valence-corrected chi connectivity index (χ2v) is 8.57. The van der Waals surface area contributed by atoms with Crippen molar-refractivity contribution >= 4 is 9.84 Å². The number of aromatic nitrogens is 1. The molecule has 0 aliphatic carbocycles. The Balaban J connectivity index is 1.77. The van der Waals surface area contributed by atoms with Crippen LogP contribution in [-0.2, 0) is 22.8 Å². The molecule has 1 unspecified atom stereocenters. The first-order chi connectivity index (χ1) is 12.0. The lowest BCUT2D eigenvalue weighted by molar-refractivity contribution is 0.243. The zero-order valence-corrected chi connectivity index (χ0v) is 15.5. The lowest BCUT2D eigenvalue weighted by Crippen LogP contribution is -2.30. The van der Waals surface area contributed by atoms with Crippen LogP contribution >= 0.6 is 0 Å². The summed E-state index contributed by atoms with van der Waals surface area (Å²) < 4.78 is 29.2. The Kier molecular flexibility index (Phi) is 5.39. The molecular weight excluding hydrogens is 336 g/mol. The molecule has 5 nitrogen and oxygen atoms in total. The number of hydrogen-bond acceptors (Lipinski definition) is 5. The van der Waals surface area contributed by atoms with Crippen LogP contribution in [-0.4, -0.2) is 44.3 Å². The molecule has 1 aliphatic rings. The molecule has 1 saturated heterocycles. The summed E-state index contributed by atoms with van der Waals surface area (Å²) >= 11 is 0. The second kappa shape index (κ2) is 7.54. The molecule has 0 N–H and O–H groups in total. The van der Waals surface area contributed by atoms with Gasteiger partial charge in [0.05, 0.1) is 7.11 Å². The Morgan fingerprint density at radius 3 is 2.80 bits per heavy atom. The molecule has 0 saturated carbocycles. The quantitative estimate of drug-likeness (QED) is 0.793. The summed E-state index contributed by atoms with van der Waals surface area (Å²) in [5.41, 5.74) is 2.24. The molecule has 0 spiro atoms. The molecule has 134 valence electrons. The van der Waals surface area contributed by atoms with Crippen molar-refractivity contribution in [2.75, 3.05) is 19.9 Å². The summed E-state index contributed by atoms with van der Waals surface area (Å²) in [5, 5.41) is 0. The third-order valence-electron chi connectivity index (χ3n) is 4.71. The van der Waals surface area contributed by atoms with Gasteiger partial charge in [-0.1, -0.05) is 12.1 Å². The fraction of sp³-hybridized carbons (Fsp3) is 0.421. The third kappa shape index (κ3) is 4.38. The molecule has 2 heterocycles. The minimum atomic E-state index is -3.32. The van der Waals surface area contributed by atoms with Crippen LogP contribution in [0.1, 0.15) is 24.0 Å². The van der Waals surface area contributed by atoms with Gasteiger partial charge in [-0.3, -0.25) is 9.88 Å². The predicted octanol–water partition coefficient (Wildman–Crippen LogP) is 2.70. The first-order valence-corrected chi connectivity index (χ1v) is 10.4. The predicted molar refractivity (Wildman–Crippen MR) is 97.5 cm³/mol.